The number of carbonyl (C=O) groups excluding carboxylic acids is 1. The van der Waals surface area contributed by atoms with Crippen LogP contribution in [0.25, 0.3) is 0 Å². The van der Waals surface area contributed by atoms with E-state index < -0.39 is 0 Å². The first kappa shape index (κ1) is 17.0. The van der Waals surface area contributed by atoms with E-state index in [1.807, 2.05) is 61.5 Å². The third kappa shape index (κ3) is 5.42. The quantitative estimate of drug-likeness (QED) is 0.761. The van der Waals surface area contributed by atoms with Gasteiger partial charge in [-0.15, -0.1) is 0 Å². The SMILES string of the molecule is CCOC(=O)[C@H](Cc1ccccc1)NCc1ccc(OC)cc1. The molecular weight excluding hydrogens is 290 g/mol. The number of hydrogen-bond acceptors (Lipinski definition) is 4. The summed E-state index contributed by atoms with van der Waals surface area (Å²) in [6.45, 7) is 2.80. The molecular formula is C19H23NO3. The van der Waals surface area contributed by atoms with Crippen LogP contribution in [0.4, 0.5) is 0 Å². The topological polar surface area (TPSA) is 47.6 Å². The van der Waals surface area contributed by atoms with Crippen LogP contribution in [0, 0.1) is 0 Å². The molecule has 0 aliphatic carbocycles. The second kappa shape index (κ2) is 8.96. The molecule has 1 atom stereocenters. The van der Waals surface area contributed by atoms with Gasteiger partial charge in [-0.2, -0.15) is 0 Å². The Bertz CT molecular complexity index is 596. The maximum atomic E-state index is 12.2. The van der Waals surface area contributed by atoms with Gasteiger partial charge in [0.2, 0.25) is 0 Å². The van der Waals surface area contributed by atoms with Crippen molar-refractivity contribution in [3.8, 4) is 5.75 Å². The summed E-state index contributed by atoms with van der Waals surface area (Å²) < 4.78 is 10.3. The number of benzene rings is 2. The van der Waals surface area contributed by atoms with Crippen molar-refractivity contribution in [1.82, 2.24) is 5.32 Å². The van der Waals surface area contributed by atoms with E-state index in [1.54, 1.807) is 7.11 Å². The molecule has 0 fully saturated rings. The van der Waals surface area contributed by atoms with E-state index in [4.69, 9.17) is 9.47 Å². The van der Waals surface area contributed by atoms with Gasteiger partial charge in [-0.1, -0.05) is 42.5 Å². The number of rotatable bonds is 8. The summed E-state index contributed by atoms with van der Waals surface area (Å²) in [5, 5.41) is 3.29. The van der Waals surface area contributed by atoms with Gasteiger partial charge in [0, 0.05) is 6.54 Å². The van der Waals surface area contributed by atoms with Gasteiger partial charge in [-0.25, -0.2) is 0 Å². The fourth-order valence-corrected chi connectivity index (χ4v) is 2.32. The van der Waals surface area contributed by atoms with E-state index in [2.05, 4.69) is 5.32 Å². The zero-order valence-electron chi connectivity index (χ0n) is 13.6. The summed E-state index contributed by atoms with van der Waals surface area (Å²) in [7, 11) is 1.64. The van der Waals surface area contributed by atoms with Gasteiger partial charge in [-0.05, 0) is 36.6 Å². The van der Waals surface area contributed by atoms with Gasteiger partial charge < -0.3 is 14.8 Å². The molecule has 4 heteroatoms. The lowest BCUT2D eigenvalue weighted by atomic mass is 10.1. The molecule has 0 unspecified atom stereocenters. The van der Waals surface area contributed by atoms with Crippen molar-refractivity contribution in [1.29, 1.82) is 0 Å². The van der Waals surface area contributed by atoms with Crippen molar-refractivity contribution in [3.05, 3.63) is 65.7 Å². The molecule has 1 N–H and O–H groups in total. The molecule has 2 aromatic rings. The summed E-state index contributed by atoms with van der Waals surface area (Å²) >= 11 is 0. The van der Waals surface area contributed by atoms with Crippen molar-refractivity contribution < 1.29 is 14.3 Å². The van der Waals surface area contributed by atoms with Crippen LogP contribution < -0.4 is 10.1 Å². The van der Waals surface area contributed by atoms with Gasteiger partial charge in [-0.3, -0.25) is 4.79 Å². The largest absolute Gasteiger partial charge is 0.497 e. The highest BCUT2D eigenvalue weighted by Gasteiger charge is 2.19. The van der Waals surface area contributed by atoms with Crippen molar-refractivity contribution in [2.45, 2.75) is 25.9 Å². The molecule has 0 heterocycles. The molecule has 0 saturated carbocycles. The van der Waals surface area contributed by atoms with Gasteiger partial charge in [0.15, 0.2) is 0 Å². The highest BCUT2D eigenvalue weighted by molar-refractivity contribution is 5.76. The minimum Gasteiger partial charge on any atom is -0.497 e. The zero-order chi connectivity index (χ0) is 16.5. The van der Waals surface area contributed by atoms with Crippen LogP contribution in [0.1, 0.15) is 18.1 Å². The first-order chi connectivity index (χ1) is 11.2. The molecule has 0 spiro atoms. The summed E-state index contributed by atoms with van der Waals surface area (Å²) in [5.41, 5.74) is 2.20. The third-order valence-corrected chi connectivity index (χ3v) is 3.57. The number of methoxy groups -OCH3 is 1. The second-order valence-corrected chi connectivity index (χ2v) is 5.22. The Kier molecular flexibility index (Phi) is 6.63. The van der Waals surface area contributed by atoms with Crippen molar-refractivity contribution in [2.75, 3.05) is 13.7 Å². The summed E-state index contributed by atoms with van der Waals surface area (Å²) in [6.07, 6.45) is 0.607. The second-order valence-electron chi connectivity index (χ2n) is 5.22. The lowest BCUT2D eigenvalue weighted by Gasteiger charge is -2.17. The predicted octanol–water partition coefficient (Wildman–Crippen LogP) is 2.96. The monoisotopic (exact) mass is 313 g/mol. The molecule has 0 aliphatic heterocycles. The van der Waals surface area contributed by atoms with Crippen LogP contribution in [-0.2, 0) is 22.5 Å². The fourth-order valence-electron chi connectivity index (χ4n) is 2.32. The smallest absolute Gasteiger partial charge is 0.323 e. The lowest BCUT2D eigenvalue weighted by molar-refractivity contribution is -0.145. The highest BCUT2D eigenvalue weighted by atomic mass is 16.5. The Balaban J connectivity index is 2.00. The zero-order valence-corrected chi connectivity index (χ0v) is 13.6. The molecule has 0 bridgehead atoms. The Morgan fingerprint density at radius 3 is 2.35 bits per heavy atom. The Morgan fingerprint density at radius 2 is 1.74 bits per heavy atom. The minimum atomic E-state index is -0.362. The number of esters is 1. The number of hydrogen-bond donors (Lipinski definition) is 1. The van der Waals surface area contributed by atoms with Crippen LogP contribution in [0.5, 0.6) is 5.75 Å². The normalized spacial score (nSPS) is 11.7. The summed E-state index contributed by atoms with van der Waals surface area (Å²) in [4.78, 5) is 12.2. The first-order valence-corrected chi connectivity index (χ1v) is 7.79. The van der Waals surface area contributed by atoms with Gasteiger partial charge >= 0.3 is 5.97 Å². The van der Waals surface area contributed by atoms with Gasteiger partial charge in [0.1, 0.15) is 11.8 Å². The summed E-state index contributed by atoms with van der Waals surface area (Å²) in [6, 6.07) is 17.4. The Morgan fingerprint density at radius 1 is 1.04 bits per heavy atom. The molecule has 23 heavy (non-hydrogen) atoms. The van der Waals surface area contributed by atoms with Crippen molar-refractivity contribution in [3.63, 3.8) is 0 Å². The average Bonchev–Trinajstić information content (AvgIpc) is 2.60. The van der Waals surface area contributed by atoms with E-state index in [0.29, 0.717) is 19.6 Å². The average molecular weight is 313 g/mol. The molecule has 0 aliphatic rings. The molecule has 0 radical (unpaired) electrons. The van der Waals surface area contributed by atoms with Crippen LogP contribution in [0.3, 0.4) is 0 Å². The molecule has 122 valence electrons. The van der Waals surface area contributed by atoms with E-state index in [9.17, 15) is 4.79 Å². The van der Waals surface area contributed by atoms with Crippen LogP contribution in [0.2, 0.25) is 0 Å². The standard InChI is InChI=1S/C19H23NO3/c1-3-23-19(21)18(13-15-7-5-4-6-8-15)20-14-16-9-11-17(22-2)12-10-16/h4-12,18,20H,3,13-14H2,1-2H3/t18-/m0/s1. The van der Waals surface area contributed by atoms with E-state index in [0.717, 1.165) is 16.9 Å². The summed E-state index contributed by atoms with van der Waals surface area (Å²) in [5.74, 6) is 0.602. The molecule has 4 nitrogen and oxygen atoms in total. The lowest BCUT2D eigenvalue weighted by Crippen LogP contribution is -2.39. The molecule has 2 rings (SSSR count). The van der Waals surface area contributed by atoms with Crippen LogP contribution in [-0.4, -0.2) is 25.7 Å². The van der Waals surface area contributed by atoms with Crippen molar-refractivity contribution in [2.24, 2.45) is 0 Å². The fraction of sp³-hybridized carbons (Fsp3) is 0.316. The Hall–Kier alpha value is -2.33. The van der Waals surface area contributed by atoms with Crippen LogP contribution >= 0.6 is 0 Å². The number of nitrogens with one attached hydrogen (secondary N) is 1. The number of ether oxygens (including phenoxy) is 2. The van der Waals surface area contributed by atoms with E-state index >= 15 is 0 Å². The molecule has 0 aromatic heterocycles. The molecule has 0 amide bonds. The van der Waals surface area contributed by atoms with E-state index in [-0.39, 0.29) is 12.0 Å². The Labute approximate surface area is 137 Å². The van der Waals surface area contributed by atoms with E-state index in [1.165, 1.54) is 0 Å². The highest BCUT2D eigenvalue weighted by Crippen LogP contribution is 2.12. The van der Waals surface area contributed by atoms with Crippen molar-refractivity contribution >= 4 is 5.97 Å². The maximum Gasteiger partial charge on any atom is 0.323 e. The maximum absolute atomic E-state index is 12.2. The number of carbonyl (C=O) groups is 1. The van der Waals surface area contributed by atoms with Gasteiger partial charge in [0.25, 0.3) is 0 Å². The minimum absolute atomic E-state index is 0.218. The molecule has 2 aromatic carbocycles. The predicted molar refractivity (Wildman–Crippen MR) is 90.4 cm³/mol. The molecule has 0 saturated heterocycles. The first-order valence-electron chi connectivity index (χ1n) is 7.79. The van der Waals surface area contributed by atoms with Gasteiger partial charge in [0.05, 0.1) is 13.7 Å². The van der Waals surface area contributed by atoms with Crippen LogP contribution in [0.15, 0.2) is 54.6 Å². The third-order valence-electron chi connectivity index (χ3n) is 3.57.